The first-order chi connectivity index (χ1) is 17.5. The lowest BCUT2D eigenvalue weighted by atomic mass is 9.95. The van der Waals surface area contributed by atoms with Gasteiger partial charge in [-0.05, 0) is 50.3 Å². The van der Waals surface area contributed by atoms with E-state index in [-0.39, 0.29) is 5.91 Å². The van der Waals surface area contributed by atoms with Gasteiger partial charge >= 0.3 is 0 Å². The molecule has 0 radical (unpaired) electrons. The Balaban J connectivity index is 1.52. The Morgan fingerprint density at radius 1 is 1.14 bits per heavy atom. The predicted octanol–water partition coefficient (Wildman–Crippen LogP) is 2.74. The average Bonchev–Trinajstić information content (AvgIpc) is 3.27. The zero-order valence-electron chi connectivity index (χ0n) is 21.1. The van der Waals surface area contributed by atoms with Gasteiger partial charge < -0.3 is 29.9 Å². The highest BCUT2D eigenvalue weighted by atomic mass is 16.5. The van der Waals surface area contributed by atoms with E-state index in [0.29, 0.717) is 49.3 Å². The zero-order valence-corrected chi connectivity index (χ0v) is 21.1. The first-order valence-electron chi connectivity index (χ1n) is 12.0. The number of amides is 1. The summed E-state index contributed by atoms with van der Waals surface area (Å²) < 4.78 is 11.0. The van der Waals surface area contributed by atoms with Crippen molar-refractivity contribution < 1.29 is 14.3 Å². The van der Waals surface area contributed by atoms with E-state index < -0.39 is 0 Å². The molecule has 0 spiro atoms. The SMILES string of the molecule is COc1ncnc(C)c1-c1ccc(Nc2ccc(N3CCOCC3)c(CN(C)C)n2)c2c1CNC2=O. The summed E-state index contributed by atoms with van der Waals surface area (Å²) in [5.74, 6) is 1.05. The summed E-state index contributed by atoms with van der Waals surface area (Å²) >= 11 is 0. The Bertz CT molecular complexity index is 1290. The summed E-state index contributed by atoms with van der Waals surface area (Å²) in [6.07, 6.45) is 1.48. The highest BCUT2D eigenvalue weighted by Crippen LogP contribution is 2.39. The Hall–Kier alpha value is -3.76. The average molecular weight is 490 g/mol. The third-order valence-electron chi connectivity index (χ3n) is 6.46. The Kier molecular flexibility index (Phi) is 6.71. The topological polar surface area (TPSA) is 105 Å². The number of aromatic nitrogens is 3. The quantitative estimate of drug-likeness (QED) is 0.518. The number of benzene rings is 1. The molecular weight excluding hydrogens is 458 g/mol. The molecule has 2 aliphatic heterocycles. The second-order valence-electron chi connectivity index (χ2n) is 9.16. The van der Waals surface area contributed by atoms with E-state index in [2.05, 4.69) is 36.5 Å². The standard InChI is InChI=1S/C26H31N7O3/c1-16-23(26(35-4)29-15-28-16)17-5-6-19(24-18(17)13-27-25(24)34)30-22-8-7-21(20(31-22)14-32(2)3)33-9-11-36-12-10-33/h5-8,15H,9-14H2,1-4H3,(H,27,34)(H,30,31). The van der Waals surface area contributed by atoms with Crippen molar-refractivity contribution in [3.05, 3.63) is 53.1 Å². The molecule has 1 saturated heterocycles. The van der Waals surface area contributed by atoms with Gasteiger partial charge in [0.05, 0.1) is 54.2 Å². The second kappa shape index (κ2) is 10.1. The number of nitrogens with zero attached hydrogens (tertiary/aromatic N) is 5. The fraction of sp³-hybridized carbons (Fsp3) is 0.385. The van der Waals surface area contributed by atoms with Gasteiger partial charge in [0.15, 0.2) is 0 Å². The molecule has 10 nitrogen and oxygen atoms in total. The lowest BCUT2D eigenvalue weighted by Crippen LogP contribution is -2.37. The number of aryl methyl sites for hydroxylation is 1. The number of hydrogen-bond donors (Lipinski definition) is 2. The summed E-state index contributed by atoms with van der Waals surface area (Å²) in [7, 11) is 5.65. The highest BCUT2D eigenvalue weighted by molar-refractivity contribution is 6.06. The minimum atomic E-state index is -0.124. The minimum absolute atomic E-state index is 0.124. The molecule has 1 fully saturated rings. The van der Waals surface area contributed by atoms with Gasteiger partial charge in [0.1, 0.15) is 12.1 Å². The van der Waals surface area contributed by atoms with Crippen LogP contribution >= 0.6 is 0 Å². The maximum Gasteiger partial charge on any atom is 0.254 e. The molecule has 10 heteroatoms. The molecule has 188 valence electrons. The molecule has 0 aliphatic carbocycles. The van der Waals surface area contributed by atoms with Gasteiger partial charge in [-0.15, -0.1) is 0 Å². The maximum absolute atomic E-state index is 12.9. The molecule has 36 heavy (non-hydrogen) atoms. The number of methoxy groups -OCH3 is 1. The Morgan fingerprint density at radius 2 is 1.94 bits per heavy atom. The van der Waals surface area contributed by atoms with Crippen molar-refractivity contribution in [3.8, 4) is 17.0 Å². The number of ether oxygens (including phenoxy) is 2. The third kappa shape index (κ3) is 4.57. The van der Waals surface area contributed by atoms with Crippen molar-refractivity contribution in [2.24, 2.45) is 0 Å². The molecule has 3 aromatic rings. The third-order valence-corrected chi connectivity index (χ3v) is 6.46. The van der Waals surface area contributed by atoms with Crippen LogP contribution in [-0.4, -0.2) is 73.3 Å². The summed E-state index contributed by atoms with van der Waals surface area (Å²) in [6, 6.07) is 7.96. The van der Waals surface area contributed by atoms with Crippen molar-refractivity contribution in [1.82, 2.24) is 25.2 Å². The molecule has 2 aliphatic rings. The van der Waals surface area contributed by atoms with Crippen molar-refractivity contribution in [1.29, 1.82) is 0 Å². The minimum Gasteiger partial charge on any atom is -0.480 e. The molecule has 2 aromatic heterocycles. The zero-order chi connectivity index (χ0) is 25.2. The summed E-state index contributed by atoms with van der Waals surface area (Å²) in [6.45, 7) is 6.15. The number of fused-ring (bicyclic) bond motifs is 1. The van der Waals surface area contributed by atoms with Crippen LogP contribution in [0.1, 0.15) is 27.3 Å². The molecule has 0 atom stereocenters. The molecule has 0 unspecified atom stereocenters. The van der Waals surface area contributed by atoms with E-state index >= 15 is 0 Å². The van der Waals surface area contributed by atoms with Crippen LogP contribution in [0.3, 0.4) is 0 Å². The lowest BCUT2D eigenvalue weighted by molar-refractivity contribution is 0.0966. The fourth-order valence-electron chi connectivity index (χ4n) is 4.81. The molecule has 5 rings (SSSR count). The van der Waals surface area contributed by atoms with E-state index in [1.165, 1.54) is 6.33 Å². The monoisotopic (exact) mass is 489 g/mol. The van der Waals surface area contributed by atoms with Gasteiger partial charge in [-0.2, -0.15) is 0 Å². The predicted molar refractivity (Wildman–Crippen MR) is 138 cm³/mol. The second-order valence-corrected chi connectivity index (χ2v) is 9.16. The van der Waals surface area contributed by atoms with Crippen LogP contribution in [0.15, 0.2) is 30.6 Å². The van der Waals surface area contributed by atoms with Crippen molar-refractivity contribution in [3.63, 3.8) is 0 Å². The summed E-state index contributed by atoms with van der Waals surface area (Å²) in [4.78, 5) is 30.9. The van der Waals surface area contributed by atoms with Gasteiger partial charge in [0.2, 0.25) is 5.88 Å². The van der Waals surface area contributed by atoms with E-state index in [9.17, 15) is 4.79 Å². The number of pyridine rings is 1. The van der Waals surface area contributed by atoms with E-state index in [1.807, 2.05) is 39.2 Å². The van der Waals surface area contributed by atoms with Crippen molar-refractivity contribution in [2.45, 2.75) is 20.0 Å². The van der Waals surface area contributed by atoms with Crippen LogP contribution in [0.2, 0.25) is 0 Å². The van der Waals surface area contributed by atoms with E-state index in [1.54, 1.807) is 7.11 Å². The van der Waals surface area contributed by atoms with Crippen molar-refractivity contribution >= 4 is 23.1 Å². The molecular formula is C26H31N7O3. The Morgan fingerprint density at radius 3 is 2.69 bits per heavy atom. The number of hydrogen-bond acceptors (Lipinski definition) is 9. The smallest absolute Gasteiger partial charge is 0.254 e. The molecule has 4 heterocycles. The van der Waals surface area contributed by atoms with Gasteiger partial charge in [-0.1, -0.05) is 6.07 Å². The first-order valence-corrected chi connectivity index (χ1v) is 12.0. The number of carbonyl (C=O) groups excluding carboxylic acids is 1. The number of morpholine rings is 1. The van der Waals surface area contributed by atoms with Crippen LogP contribution in [0.5, 0.6) is 5.88 Å². The van der Waals surface area contributed by atoms with Crippen LogP contribution in [0.25, 0.3) is 11.1 Å². The van der Waals surface area contributed by atoms with Crippen LogP contribution < -0.4 is 20.3 Å². The molecule has 2 N–H and O–H groups in total. The maximum atomic E-state index is 12.9. The molecule has 1 amide bonds. The summed E-state index contributed by atoms with van der Waals surface area (Å²) in [5, 5.41) is 6.37. The number of carbonyl (C=O) groups is 1. The van der Waals surface area contributed by atoms with E-state index in [0.717, 1.165) is 46.9 Å². The normalized spacial score (nSPS) is 15.1. The number of anilines is 3. The molecule has 1 aromatic carbocycles. The van der Waals surface area contributed by atoms with Crippen molar-refractivity contribution in [2.75, 3.05) is 57.7 Å². The van der Waals surface area contributed by atoms with Crippen LogP contribution in [-0.2, 0) is 17.8 Å². The largest absolute Gasteiger partial charge is 0.480 e. The van der Waals surface area contributed by atoms with Crippen LogP contribution in [0.4, 0.5) is 17.2 Å². The van der Waals surface area contributed by atoms with Crippen LogP contribution in [0, 0.1) is 6.92 Å². The fourth-order valence-corrected chi connectivity index (χ4v) is 4.81. The molecule has 0 saturated carbocycles. The number of nitrogens with one attached hydrogen (secondary N) is 2. The van der Waals surface area contributed by atoms with Gasteiger partial charge in [0, 0.05) is 26.2 Å². The van der Waals surface area contributed by atoms with E-state index in [4.69, 9.17) is 14.5 Å². The molecule has 0 bridgehead atoms. The first kappa shape index (κ1) is 24.0. The Labute approximate surface area is 210 Å². The summed E-state index contributed by atoms with van der Waals surface area (Å²) in [5.41, 5.74) is 6.75. The highest BCUT2D eigenvalue weighted by Gasteiger charge is 2.28. The van der Waals surface area contributed by atoms with Gasteiger partial charge in [-0.25, -0.2) is 15.0 Å². The van der Waals surface area contributed by atoms with Gasteiger partial charge in [-0.3, -0.25) is 4.79 Å². The lowest BCUT2D eigenvalue weighted by Gasteiger charge is -2.31. The number of rotatable bonds is 7. The van der Waals surface area contributed by atoms with Gasteiger partial charge in [0.25, 0.3) is 5.91 Å².